The lowest BCUT2D eigenvalue weighted by atomic mass is 10.1. The molecule has 0 saturated heterocycles. The maximum absolute atomic E-state index is 11.0. The van der Waals surface area contributed by atoms with Gasteiger partial charge in [-0.3, -0.25) is 10.2 Å². The third-order valence-corrected chi connectivity index (χ3v) is 2.50. The van der Waals surface area contributed by atoms with Crippen molar-refractivity contribution in [1.82, 2.24) is 10.7 Å². The number of benzene rings is 1. The van der Waals surface area contributed by atoms with Gasteiger partial charge >= 0.3 is 0 Å². The molecule has 0 radical (unpaired) electrons. The highest BCUT2D eigenvalue weighted by molar-refractivity contribution is 7.80. The van der Waals surface area contributed by atoms with Gasteiger partial charge < -0.3 is 10.6 Å². The van der Waals surface area contributed by atoms with E-state index in [4.69, 9.17) is 12.2 Å². The fourth-order valence-electron chi connectivity index (χ4n) is 1.42. The van der Waals surface area contributed by atoms with Crippen molar-refractivity contribution in [3.8, 4) is 0 Å². The average Bonchev–Trinajstić information content (AvgIpc) is 2.36. The molecule has 102 valence electrons. The maximum atomic E-state index is 11.0. The predicted molar refractivity (Wildman–Crippen MR) is 82.4 cm³/mol. The van der Waals surface area contributed by atoms with Gasteiger partial charge in [-0.15, -0.1) is 0 Å². The Morgan fingerprint density at radius 2 is 2.11 bits per heavy atom. The molecule has 0 atom stereocenters. The minimum Gasteiger partial charge on any atom is -0.362 e. The summed E-state index contributed by atoms with van der Waals surface area (Å²) in [6, 6.07) is 7.47. The van der Waals surface area contributed by atoms with Gasteiger partial charge in [0, 0.05) is 19.2 Å². The highest BCUT2D eigenvalue weighted by Gasteiger charge is 2.01. The van der Waals surface area contributed by atoms with E-state index in [9.17, 15) is 4.79 Å². The Morgan fingerprint density at radius 1 is 1.37 bits per heavy atom. The smallest absolute Gasteiger partial charge is 0.221 e. The number of nitrogens with zero attached hydrogens (tertiary/aromatic N) is 1. The summed E-state index contributed by atoms with van der Waals surface area (Å²) in [6.07, 6.45) is 0. The first-order valence-electron chi connectivity index (χ1n) is 5.99. The molecule has 0 bridgehead atoms. The van der Waals surface area contributed by atoms with Crippen LogP contribution in [0, 0.1) is 0 Å². The van der Waals surface area contributed by atoms with Crippen molar-refractivity contribution in [2.24, 2.45) is 5.10 Å². The van der Waals surface area contributed by atoms with Crippen LogP contribution in [0.1, 0.15) is 26.3 Å². The second-order valence-electron chi connectivity index (χ2n) is 3.93. The molecular formula is C13H18N4OS. The number of hydrazone groups is 1. The highest BCUT2D eigenvalue weighted by atomic mass is 32.1. The molecule has 0 aromatic heterocycles. The van der Waals surface area contributed by atoms with Crippen LogP contribution in [-0.4, -0.2) is 23.3 Å². The predicted octanol–water partition coefficient (Wildman–Crippen LogP) is 1.85. The second-order valence-corrected chi connectivity index (χ2v) is 4.34. The van der Waals surface area contributed by atoms with Gasteiger partial charge in [0.2, 0.25) is 5.91 Å². The largest absolute Gasteiger partial charge is 0.362 e. The first kappa shape index (κ1) is 15.1. The summed E-state index contributed by atoms with van der Waals surface area (Å²) >= 11 is 5.02. The lowest BCUT2D eigenvalue weighted by Crippen LogP contribution is -2.32. The number of nitrogens with one attached hydrogen (secondary N) is 3. The number of rotatable bonds is 4. The zero-order valence-electron chi connectivity index (χ0n) is 11.3. The number of anilines is 1. The molecule has 0 spiro atoms. The Kier molecular flexibility index (Phi) is 5.95. The van der Waals surface area contributed by atoms with Crippen molar-refractivity contribution < 1.29 is 4.79 Å². The van der Waals surface area contributed by atoms with Crippen molar-refractivity contribution in [3.63, 3.8) is 0 Å². The quantitative estimate of drug-likeness (QED) is 0.447. The third-order valence-electron chi connectivity index (χ3n) is 2.26. The van der Waals surface area contributed by atoms with Crippen LogP contribution < -0.4 is 16.1 Å². The molecule has 1 aromatic carbocycles. The van der Waals surface area contributed by atoms with Crippen LogP contribution in [-0.2, 0) is 4.79 Å². The molecule has 0 aliphatic carbocycles. The van der Waals surface area contributed by atoms with Crippen LogP contribution in [0.3, 0.4) is 0 Å². The van der Waals surface area contributed by atoms with E-state index in [-0.39, 0.29) is 5.91 Å². The summed E-state index contributed by atoms with van der Waals surface area (Å²) in [5.41, 5.74) is 5.21. The van der Waals surface area contributed by atoms with E-state index in [0.29, 0.717) is 5.11 Å². The van der Waals surface area contributed by atoms with Crippen LogP contribution in [0.5, 0.6) is 0 Å². The van der Waals surface area contributed by atoms with E-state index in [1.54, 1.807) is 0 Å². The van der Waals surface area contributed by atoms with Crippen molar-refractivity contribution in [2.45, 2.75) is 20.8 Å². The molecule has 1 rings (SSSR count). The number of amides is 1. The summed E-state index contributed by atoms with van der Waals surface area (Å²) in [5, 5.41) is 10.3. The topological polar surface area (TPSA) is 65.5 Å². The standard InChI is InChI=1S/C13H18N4OS/c1-4-14-13(19)17-16-9(2)11-6-5-7-12(8-11)15-10(3)18/h5-8H,4H2,1-3H3,(H,15,18)(H2,14,17,19)/b16-9-. The van der Waals surface area contributed by atoms with Crippen molar-refractivity contribution >= 4 is 34.6 Å². The number of thiocarbonyl (C=S) groups is 1. The SMILES string of the molecule is CCNC(=S)N/N=C(/C)c1cccc(NC(C)=O)c1. The number of carbonyl (C=O) groups excluding carboxylic acids is 1. The molecule has 19 heavy (non-hydrogen) atoms. The van der Waals surface area contributed by atoms with Gasteiger partial charge in [0.05, 0.1) is 5.71 Å². The van der Waals surface area contributed by atoms with Gasteiger partial charge in [-0.05, 0) is 43.8 Å². The van der Waals surface area contributed by atoms with Gasteiger partial charge in [0.1, 0.15) is 0 Å². The Hall–Kier alpha value is -1.95. The van der Waals surface area contributed by atoms with E-state index in [2.05, 4.69) is 21.2 Å². The van der Waals surface area contributed by atoms with Gasteiger partial charge in [-0.25, -0.2) is 0 Å². The Morgan fingerprint density at radius 3 is 2.74 bits per heavy atom. The Balaban J connectivity index is 2.75. The van der Waals surface area contributed by atoms with Crippen LogP contribution >= 0.6 is 12.2 Å². The van der Waals surface area contributed by atoms with Crippen molar-refractivity contribution in [2.75, 3.05) is 11.9 Å². The van der Waals surface area contributed by atoms with Crippen LogP contribution in [0.25, 0.3) is 0 Å². The van der Waals surface area contributed by atoms with Crippen molar-refractivity contribution in [3.05, 3.63) is 29.8 Å². The minimum absolute atomic E-state index is 0.0989. The fraction of sp³-hybridized carbons (Fsp3) is 0.308. The maximum Gasteiger partial charge on any atom is 0.221 e. The molecule has 5 nitrogen and oxygen atoms in total. The van der Waals surface area contributed by atoms with Crippen LogP contribution in [0.4, 0.5) is 5.69 Å². The number of hydrogen-bond donors (Lipinski definition) is 3. The second kappa shape index (κ2) is 7.48. The highest BCUT2D eigenvalue weighted by Crippen LogP contribution is 2.11. The fourth-order valence-corrected chi connectivity index (χ4v) is 1.61. The first-order valence-corrected chi connectivity index (χ1v) is 6.40. The normalized spacial score (nSPS) is 10.8. The van der Waals surface area contributed by atoms with Crippen LogP contribution in [0.2, 0.25) is 0 Å². The molecule has 1 amide bonds. The summed E-state index contributed by atoms with van der Waals surface area (Å²) < 4.78 is 0. The van der Waals surface area contributed by atoms with Crippen LogP contribution in [0.15, 0.2) is 29.4 Å². The Labute approximate surface area is 118 Å². The average molecular weight is 278 g/mol. The Bertz CT molecular complexity index is 499. The van der Waals surface area contributed by atoms with E-state index >= 15 is 0 Å². The molecule has 1 aromatic rings. The zero-order valence-corrected chi connectivity index (χ0v) is 12.1. The third kappa shape index (κ3) is 5.48. The molecule has 0 aliphatic heterocycles. The summed E-state index contributed by atoms with van der Waals surface area (Å²) in [5.74, 6) is -0.0989. The molecule has 0 saturated carbocycles. The first-order chi connectivity index (χ1) is 9.02. The summed E-state index contributed by atoms with van der Waals surface area (Å²) in [6.45, 7) is 6.05. The van der Waals surface area contributed by atoms with Gasteiger partial charge in [0.25, 0.3) is 0 Å². The molecular weight excluding hydrogens is 260 g/mol. The molecule has 6 heteroatoms. The van der Waals surface area contributed by atoms with E-state index < -0.39 is 0 Å². The van der Waals surface area contributed by atoms with Gasteiger partial charge in [0.15, 0.2) is 5.11 Å². The monoisotopic (exact) mass is 278 g/mol. The summed E-state index contributed by atoms with van der Waals surface area (Å²) in [7, 11) is 0. The van der Waals surface area contributed by atoms with E-state index in [1.165, 1.54) is 6.92 Å². The lowest BCUT2D eigenvalue weighted by Gasteiger charge is -2.07. The minimum atomic E-state index is -0.0989. The number of hydrogen-bond acceptors (Lipinski definition) is 3. The number of carbonyl (C=O) groups is 1. The summed E-state index contributed by atoms with van der Waals surface area (Å²) in [4.78, 5) is 11.0. The van der Waals surface area contributed by atoms with Gasteiger partial charge in [-0.2, -0.15) is 5.10 Å². The molecule has 0 fully saturated rings. The zero-order chi connectivity index (χ0) is 14.3. The molecule has 0 heterocycles. The molecule has 3 N–H and O–H groups in total. The molecule has 0 aliphatic rings. The molecule has 0 unspecified atom stereocenters. The van der Waals surface area contributed by atoms with E-state index in [1.807, 2.05) is 38.1 Å². The van der Waals surface area contributed by atoms with Crippen molar-refractivity contribution in [1.29, 1.82) is 0 Å². The van der Waals surface area contributed by atoms with E-state index in [0.717, 1.165) is 23.5 Å². The lowest BCUT2D eigenvalue weighted by molar-refractivity contribution is -0.114. The van der Waals surface area contributed by atoms with Gasteiger partial charge in [-0.1, -0.05) is 12.1 Å².